The van der Waals surface area contributed by atoms with Crippen LogP contribution in [0.5, 0.6) is 0 Å². The molecule has 0 spiro atoms. The minimum absolute atomic E-state index is 0.0163. The molecule has 0 saturated carbocycles. The van der Waals surface area contributed by atoms with Crippen molar-refractivity contribution >= 4 is 35.0 Å². The molecule has 0 bridgehead atoms. The van der Waals surface area contributed by atoms with Crippen LogP contribution < -0.4 is 10.6 Å². The number of esters is 1. The van der Waals surface area contributed by atoms with E-state index in [0.717, 1.165) is 36.9 Å². The second kappa shape index (κ2) is 23.4. The third-order valence-corrected chi connectivity index (χ3v) is 12.2. The number of hydrogen-bond donors (Lipinski definition) is 2. The van der Waals surface area contributed by atoms with Crippen LogP contribution in [0.15, 0.2) is 66.0 Å². The Labute approximate surface area is 349 Å². The maximum Gasteiger partial charge on any atom is 0.308 e. The number of methoxy groups -OCH3 is 2. The number of nitrogens with zero attached hydrogens (tertiary/aromatic N) is 3. The maximum atomic E-state index is 15.0. The van der Waals surface area contributed by atoms with E-state index in [1.54, 1.807) is 19.4 Å². The van der Waals surface area contributed by atoms with Gasteiger partial charge in [-0.2, -0.15) is 0 Å². The number of amides is 3. The van der Waals surface area contributed by atoms with Crippen LogP contribution in [0.4, 0.5) is 0 Å². The zero-order chi connectivity index (χ0) is 42.2. The molecule has 1 aliphatic rings. The molecule has 4 rings (SSSR count). The van der Waals surface area contributed by atoms with E-state index < -0.39 is 18.1 Å². The van der Waals surface area contributed by atoms with Gasteiger partial charge in [-0.25, -0.2) is 4.98 Å². The third kappa shape index (κ3) is 13.4. The molecule has 1 aromatic heterocycles. The van der Waals surface area contributed by atoms with Gasteiger partial charge in [-0.15, -0.1) is 11.3 Å². The van der Waals surface area contributed by atoms with Gasteiger partial charge in [0.25, 0.3) is 5.91 Å². The van der Waals surface area contributed by atoms with E-state index in [2.05, 4.69) is 29.4 Å². The van der Waals surface area contributed by atoms with E-state index >= 15 is 4.79 Å². The van der Waals surface area contributed by atoms with Gasteiger partial charge in [-0.1, -0.05) is 108 Å². The molecule has 2 N–H and O–H groups in total. The monoisotopic (exact) mass is 819 g/mol. The van der Waals surface area contributed by atoms with Gasteiger partial charge in [-0.05, 0) is 62.2 Å². The standard InChI is InChI=1S/C45H65N5O7S/c1-9-31(4)40(48-42(52)37-22-16-17-23-49(37)6)44(53)50(27-34-20-14-11-15-21-34)38(30(2)3)26-39(57-29-55-7)43-47-36(28-58-43)41(51)46-35(24-32(5)45(54)56-8)25-33-18-12-10-13-19-33/h10-15,18-21,28,30-32,35,37-40H,9,16-17,22-27,29H2,1-8H3,(H,46,51)(H,48,52). The van der Waals surface area contributed by atoms with E-state index in [1.807, 2.05) is 86.5 Å². The topological polar surface area (TPSA) is 139 Å². The van der Waals surface area contributed by atoms with Gasteiger partial charge in [0.05, 0.1) is 19.1 Å². The van der Waals surface area contributed by atoms with Crippen molar-refractivity contribution in [2.24, 2.45) is 17.8 Å². The Kier molecular flexibility index (Phi) is 18.8. The highest BCUT2D eigenvalue weighted by Gasteiger charge is 2.38. The van der Waals surface area contributed by atoms with Crippen LogP contribution >= 0.6 is 11.3 Å². The Balaban J connectivity index is 1.63. The summed E-state index contributed by atoms with van der Waals surface area (Å²) >= 11 is 1.32. The fourth-order valence-corrected chi connectivity index (χ4v) is 8.50. The average Bonchev–Trinajstić information content (AvgIpc) is 3.73. The fraction of sp³-hybridized carbons (Fsp3) is 0.578. The molecule has 7 unspecified atom stereocenters. The Morgan fingerprint density at radius 1 is 0.931 bits per heavy atom. The SMILES string of the molecule is CCC(C)C(NC(=O)C1CCCCN1C)C(=O)N(Cc1ccccc1)C(CC(OCOC)c1nc(C(=O)NC(Cc2ccccc2)CC(C)C(=O)OC)cs1)C(C)C. The quantitative estimate of drug-likeness (QED) is 0.0828. The number of thiazole rings is 1. The summed E-state index contributed by atoms with van der Waals surface area (Å²) in [5.41, 5.74) is 2.24. The van der Waals surface area contributed by atoms with Gasteiger partial charge in [0, 0.05) is 37.5 Å². The predicted octanol–water partition coefficient (Wildman–Crippen LogP) is 6.80. The minimum Gasteiger partial charge on any atom is -0.469 e. The summed E-state index contributed by atoms with van der Waals surface area (Å²) in [7, 11) is 4.89. The molecule has 1 aliphatic heterocycles. The summed E-state index contributed by atoms with van der Waals surface area (Å²) in [5.74, 6) is -1.50. The Hall–Kier alpha value is -4.17. The summed E-state index contributed by atoms with van der Waals surface area (Å²) in [5, 5.41) is 8.62. The highest BCUT2D eigenvalue weighted by Crippen LogP contribution is 2.32. The molecule has 13 heteroatoms. The Bertz CT molecular complexity index is 1720. The number of piperidine rings is 1. The molecule has 2 heterocycles. The highest BCUT2D eigenvalue weighted by atomic mass is 32.1. The van der Waals surface area contributed by atoms with Gasteiger partial charge in [-0.3, -0.25) is 24.1 Å². The number of nitrogens with one attached hydrogen (secondary N) is 2. The third-order valence-electron chi connectivity index (χ3n) is 11.3. The van der Waals surface area contributed by atoms with E-state index in [9.17, 15) is 14.4 Å². The average molecular weight is 820 g/mol. The molecule has 2 aromatic carbocycles. The fourth-order valence-electron chi connectivity index (χ4n) is 7.64. The van der Waals surface area contributed by atoms with E-state index in [0.29, 0.717) is 37.2 Å². The van der Waals surface area contributed by atoms with Gasteiger partial charge < -0.3 is 29.7 Å². The molecule has 3 aromatic rings. The van der Waals surface area contributed by atoms with Crippen LogP contribution in [0, 0.1) is 17.8 Å². The lowest BCUT2D eigenvalue weighted by atomic mass is 9.91. The zero-order valence-electron chi connectivity index (χ0n) is 35.6. The Morgan fingerprint density at radius 3 is 2.21 bits per heavy atom. The molecule has 3 amide bonds. The molecule has 7 atom stereocenters. The number of aromatic nitrogens is 1. The number of likely N-dealkylation sites (N-methyl/N-ethyl adjacent to an activating group) is 1. The molecular formula is C45H65N5O7S. The summed E-state index contributed by atoms with van der Waals surface area (Å²) < 4.78 is 16.6. The first-order chi connectivity index (χ1) is 27.9. The van der Waals surface area contributed by atoms with Crippen LogP contribution in [0.25, 0.3) is 0 Å². The number of benzene rings is 2. The van der Waals surface area contributed by atoms with Crippen molar-refractivity contribution < 1.29 is 33.4 Å². The first-order valence-corrected chi connectivity index (χ1v) is 21.6. The first kappa shape index (κ1) is 46.5. The number of rotatable bonds is 22. The van der Waals surface area contributed by atoms with Crippen molar-refractivity contribution in [3.8, 4) is 0 Å². The van der Waals surface area contributed by atoms with Crippen molar-refractivity contribution in [1.29, 1.82) is 0 Å². The van der Waals surface area contributed by atoms with Crippen LogP contribution in [-0.4, -0.2) is 97.2 Å². The minimum atomic E-state index is -0.725. The van der Waals surface area contributed by atoms with Gasteiger partial charge in [0.2, 0.25) is 11.8 Å². The molecule has 0 aliphatic carbocycles. The molecule has 318 valence electrons. The van der Waals surface area contributed by atoms with Gasteiger partial charge >= 0.3 is 5.97 Å². The summed E-state index contributed by atoms with van der Waals surface area (Å²) in [6.07, 6.45) is 4.18. The summed E-state index contributed by atoms with van der Waals surface area (Å²) in [4.78, 5) is 63.8. The lowest BCUT2D eigenvalue weighted by Crippen LogP contribution is -2.58. The molecule has 1 saturated heterocycles. The molecular weight excluding hydrogens is 755 g/mol. The summed E-state index contributed by atoms with van der Waals surface area (Å²) in [6, 6.07) is 18.0. The Morgan fingerprint density at radius 2 is 1.60 bits per heavy atom. The number of likely N-dealkylation sites (tertiary alicyclic amines) is 1. The van der Waals surface area contributed by atoms with Crippen LogP contribution in [0.2, 0.25) is 0 Å². The first-order valence-electron chi connectivity index (χ1n) is 20.7. The second-order valence-corrected chi connectivity index (χ2v) is 16.9. The number of carbonyl (C=O) groups is 4. The highest BCUT2D eigenvalue weighted by molar-refractivity contribution is 7.09. The smallest absolute Gasteiger partial charge is 0.308 e. The van der Waals surface area contributed by atoms with E-state index in [4.69, 9.17) is 19.2 Å². The summed E-state index contributed by atoms with van der Waals surface area (Å²) in [6.45, 7) is 11.2. The maximum absolute atomic E-state index is 15.0. The number of carbonyl (C=O) groups excluding carboxylic acids is 4. The normalized spacial score (nSPS) is 17.7. The van der Waals surface area contributed by atoms with Crippen molar-refractivity contribution in [3.63, 3.8) is 0 Å². The zero-order valence-corrected chi connectivity index (χ0v) is 36.5. The molecule has 1 fully saturated rings. The number of ether oxygens (including phenoxy) is 3. The van der Waals surface area contributed by atoms with Crippen LogP contribution in [0.1, 0.15) is 106 Å². The lowest BCUT2D eigenvalue weighted by molar-refractivity contribution is -0.145. The molecule has 0 radical (unpaired) electrons. The molecule has 12 nitrogen and oxygen atoms in total. The predicted molar refractivity (Wildman–Crippen MR) is 227 cm³/mol. The van der Waals surface area contributed by atoms with E-state index in [-0.39, 0.29) is 66.1 Å². The van der Waals surface area contributed by atoms with Crippen LogP contribution in [-0.2, 0) is 41.6 Å². The van der Waals surface area contributed by atoms with Crippen molar-refractivity contribution in [2.75, 3.05) is 34.6 Å². The van der Waals surface area contributed by atoms with E-state index in [1.165, 1.54) is 18.4 Å². The van der Waals surface area contributed by atoms with Crippen LogP contribution in [0.3, 0.4) is 0 Å². The van der Waals surface area contributed by atoms with Gasteiger partial charge in [0.15, 0.2) is 0 Å². The van der Waals surface area contributed by atoms with Crippen molar-refractivity contribution in [1.82, 2.24) is 25.4 Å². The number of hydrogen-bond acceptors (Lipinski definition) is 10. The lowest BCUT2D eigenvalue weighted by Gasteiger charge is -2.40. The largest absolute Gasteiger partial charge is 0.469 e. The second-order valence-electron chi connectivity index (χ2n) is 16.0. The van der Waals surface area contributed by atoms with Gasteiger partial charge in [0.1, 0.15) is 29.6 Å². The van der Waals surface area contributed by atoms with Crippen molar-refractivity contribution in [3.05, 3.63) is 87.9 Å². The molecule has 58 heavy (non-hydrogen) atoms. The van der Waals surface area contributed by atoms with Crippen molar-refractivity contribution in [2.45, 2.75) is 116 Å².